The molecule has 32 heavy (non-hydrogen) atoms. The summed E-state index contributed by atoms with van der Waals surface area (Å²) in [4.78, 5) is 19.1. The van der Waals surface area contributed by atoms with Gasteiger partial charge in [-0.1, -0.05) is 30.7 Å². The van der Waals surface area contributed by atoms with Gasteiger partial charge in [-0.05, 0) is 93.9 Å². The molecule has 6 heteroatoms. The van der Waals surface area contributed by atoms with E-state index < -0.39 is 0 Å². The Morgan fingerprint density at radius 2 is 2.00 bits per heavy atom. The molecule has 0 saturated heterocycles. The first kappa shape index (κ1) is 23.7. The predicted octanol–water partition coefficient (Wildman–Crippen LogP) is 4.59. The summed E-state index contributed by atoms with van der Waals surface area (Å²) >= 11 is 0. The van der Waals surface area contributed by atoms with E-state index in [-0.39, 0.29) is 23.0 Å². The molecule has 4 aliphatic carbocycles. The van der Waals surface area contributed by atoms with E-state index in [4.69, 9.17) is 4.84 Å². The van der Waals surface area contributed by atoms with Crippen LogP contribution in [0.25, 0.3) is 0 Å². The summed E-state index contributed by atoms with van der Waals surface area (Å²) in [5.74, 6) is 2.61. The molecule has 180 valence electrons. The molecule has 2 N–H and O–H groups in total. The first-order valence-corrected chi connectivity index (χ1v) is 12.7. The van der Waals surface area contributed by atoms with Crippen molar-refractivity contribution in [3.05, 3.63) is 11.6 Å². The molecule has 0 aromatic rings. The average molecular weight is 446 g/mol. The van der Waals surface area contributed by atoms with Crippen molar-refractivity contribution in [3.63, 3.8) is 0 Å². The van der Waals surface area contributed by atoms with Crippen molar-refractivity contribution in [1.82, 2.24) is 10.2 Å². The number of hydrogen-bond donors (Lipinski definition) is 2. The molecule has 0 heterocycles. The fraction of sp³-hybridized carbons (Fsp3) is 0.846. The smallest absolute Gasteiger partial charge is 0.389 e. The van der Waals surface area contributed by atoms with Crippen LogP contribution in [-0.4, -0.2) is 55.1 Å². The minimum Gasteiger partial charge on any atom is -0.389 e. The number of carbonyl (C=O) groups excluding carboxylic acids is 1. The van der Waals surface area contributed by atoms with E-state index in [1.807, 2.05) is 7.05 Å². The van der Waals surface area contributed by atoms with Crippen molar-refractivity contribution in [2.24, 2.45) is 39.7 Å². The fourth-order valence-electron chi connectivity index (χ4n) is 8.01. The van der Waals surface area contributed by atoms with Gasteiger partial charge in [-0.2, -0.15) is 0 Å². The second-order valence-electron chi connectivity index (χ2n) is 11.4. The molecule has 6 nitrogen and oxygen atoms in total. The Bertz CT molecular complexity index is 780. The Labute approximate surface area is 193 Å². The number of rotatable bonds is 5. The second-order valence-corrected chi connectivity index (χ2v) is 11.4. The quantitative estimate of drug-likeness (QED) is 0.281. The molecule has 0 aromatic carbocycles. The first-order chi connectivity index (χ1) is 15.2. The van der Waals surface area contributed by atoms with Gasteiger partial charge in [0.05, 0.1) is 11.8 Å². The van der Waals surface area contributed by atoms with E-state index >= 15 is 0 Å². The molecule has 0 aliphatic heterocycles. The van der Waals surface area contributed by atoms with Crippen LogP contribution in [0.15, 0.2) is 16.8 Å². The van der Waals surface area contributed by atoms with Crippen molar-refractivity contribution in [2.75, 3.05) is 27.2 Å². The SMILES string of the molecule is CNCCN(C)C(=O)O/N=C(\C)[C@H]1CC[C@H]2[C@@H]3CCC4=C[C@@H](O)CC[C@]4(C)[C@H]3CC[C@]12C. The minimum absolute atomic E-state index is 0.238. The summed E-state index contributed by atoms with van der Waals surface area (Å²) in [7, 11) is 3.62. The zero-order chi connectivity index (χ0) is 23.1. The number of aliphatic hydroxyl groups is 1. The summed E-state index contributed by atoms with van der Waals surface area (Å²) in [6.07, 6.45) is 10.9. The number of nitrogens with zero attached hydrogens (tertiary/aromatic N) is 2. The van der Waals surface area contributed by atoms with Crippen LogP contribution in [-0.2, 0) is 4.84 Å². The van der Waals surface area contributed by atoms with Gasteiger partial charge in [-0.25, -0.2) is 4.79 Å². The van der Waals surface area contributed by atoms with Crippen LogP contribution in [0.2, 0.25) is 0 Å². The number of nitrogens with one attached hydrogen (secondary N) is 1. The second kappa shape index (κ2) is 9.09. The predicted molar refractivity (Wildman–Crippen MR) is 127 cm³/mol. The zero-order valence-corrected chi connectivity index (χ0v) is 20.7. The van der Waals surface area contributed by atoms with Gasteiger partial charge in [0.2, 0.25) is 0 Å². The summed E-state index contributed by atoms with van der Waals surface area (Å²) < 4.78 is 0. The highest BCUT2D eigenvalue weighted by molar-refractivity contribution is 5.85. The van der Waals surface area contributed by atoms with Crippen LogP contribution >= 0.6 is 0 Å². The number of carbonyl (C=O) groups is 1. The van der Waals surface area contributed by atoms with Crippen LogP contribution in [0.4, 0.5) is 4.79 Å². The lowest BCUT2D eigenvalue weighted by Crippen LogP contribution is -2.51. The summed E-state index contributed by atoms with van der Waals surface area (Å²) in [6.45, 7) is 8.34. The molecule has 1 amide bonds. The van der Waals surface area contributed by atoms with Crippen molar-refractivity contribution in [2.45, 2.75) is 78.2 Å². The molecule has 4 rings (SSSR count). The van der Waals surface area contributed by atoms with E-state index in [2.05, 4.69) is 37.3 Å². The van der Waals surface area contributed by atoms with Crippen LogP contribution in [0.1, 0.15) is 72.1 Å². The van der Waals surface area contributed by atoms with E-state index in [1.54, 1.807) is 11.9 Å². The topological polar surface area (TPSA) is 74.2 Å². The third-order valence-corrected chi connectivity index (χ3v) is 9.87. The standard InChI is InChI=1S/C26H43N3O3/c1-17(28-32-24(31)29(5)15-14-27-4)21-8-9-22-20-7-6-18-16-19(30)10-12-25(18,2)23(20)11-13-26(21,22)3/h16,19-23,27,30H,6-15H2,1-5H3/b28-17+/t19-,20-,21+,22-,23-,25-,26+/m0/s1. The molecular formula is C26H43N3O3. The summed E-state index contributed by atoms with van der Waals surface area (Å²) in [5.41, 5.74) is 3.03. The number of hydrogen-bond acceptors (Lipinski definition) is 5. The van der Waals surface area contributed by atoms with Gasteiger partial charge < -0.3 is 15.3 Å². The van der Waals surface area contributed by atoms with Crippen LogP contribution in [0.3, 0.4) is 0 Å². The zero-order valence-electron chi connectivity index (χ0n) is 20.7. The monoisotopic (exact) mass is 445 g/mol. The van der Waals surface area contributed by atoms with E-state index in [0.29, 0.717) is 12.5 Å². The highest BCUT2D eigenvalue weighted by atomic mass is 16.7. The molecule has 0 radical (unpaired) electrons. The van der Waals surface area contributed by atoms with E-state index in [1.165, 1.54) is 31.3 Å². The molecule has 0 aromatic heterocycles. The highest BCUT2D eigenvalue weighted by Crippen LogP contribution is 2.66. The highest BCUT2D eigenvalue weighted by Gasteiger charge is 2.59. The first-order valence-electron chi connectivity index (χ1n) is 12.7. The fourth-order valence-corrected chi connectivity index (χ4v) is 8.01. The van der Waals surface area contributed by atoms with Crippen LogP contribution < -0.4 is 5.32 Å². The maximum atomic E-state index is 12.3. The van der Waals surface area contributed by atoms with Gasteiger partial charge in [0.25, 0.3) is 0 Å². The third kappa shape index (κ3) is 4.02. The molecule has 7 atom stereocenters. The van der Waals surface area contributed by atoms with Gasteiger partial charge in [0.15, 0.2) is 0 Å². The largest absolute Gasteiger partial charge is 0.435 e. The van der Waals surface area contributed by atoms with Gasteiger partial charge in [-0.3, -0.25) is 4.84 Å². The van der Waals surface area contributed by atoms with Crippen molar-refractivity contribution >= 4 is 11.8 Å². The molecule has 3 fully saturated rings. The Kier molecular flexibility index (Phi) is 6.75. The molecule has 0 unspecified atom stereocenters. The third-order valence-electron chi connectivity index (χ3n) is 9.87. The van der Waals surface area contributed by atoms with Gasteiger partial charge >= 0.3 is 6.09 Å². The van der Waals surface area contributed by atoms with Crippen molar-refractivity contribution in [1.29, 1.82) is 0 Å². The Morgan fingerprint density at radius 3 is 2.75 bits per heavy atom. The number of likely N-dealkylation sites (N-methyl/N-ethyl adjacent to an activating group) is 2. The number of aliphatic hydroxyl groups excluding tert-OH is 1. The van der Waals surface area contributed by atoms with Crippen LogP contribution in [0, 0.1) is 34.5 Å². The lowest BCUT2D eigenvalue weighted by molar-refractivity contribution is -0.0479. The molecule has 0 spiro atoms. The Balaban J connectivity index is 1.46. The van der Waals surface area contributed by atoms with Crippen molar-refractivity contribution < 1.29 is 14.7 Å². The van der Waals surface area contributed by atoms with E-state index in [0.717, 1.165) is 55.7 Å². The van der Waals surface area contributed by atoms with Gasteiger partial charge in [0.1, 0.15) is 0 Å². The molecule has 4 aliphatic rings. The number of oxime groups is 1. The maximum Gasteiger partial charge on any atom is 0.435 e. The van der Waals surface area contributed by atoms with Crippen molar-refractivity contribution in [3.8, 4) is 0 Å². The summed E-state index contributed by atoms with van der Waals surface area (Å²) in [6, 6.07) is 0. The molecule has 3 saturated carbocycles. The average Bonchev–Trinajstić information content (AvgIpc) is 3.13. The number of fused-ring (bicyclic) bond motifs is 5. The number of allylic oxidation sites excluding steroid dienone is 1. The minimum atomic E-state index is -0.387. The van der Waals surface area contributed by atoms with Gasteiger partial charge in [0, 0.05) is 26.1 Å². The van der Waals surface area contributed by atoms with Crippen LogP contribution in [0.5, 0.6) is 0 Å². The summed E-state index contributed by atoms with van der Waals surface area (Å²) in [5, 5.41) is 17.6. The Hall–Kier alpha value is -1.40. The lowest BCUT2D eigenvalue weighted by Gasteiger charge is -2.58. The lowest BCUT2D eigenvalue weighted by atomic mass is 9.46. The normalized spacial score (nSPS) is 41.2. The van der Waals surface area contributed by atoms with E-state index in [9.17, 15) is 9.90 Å². The van der Waals surface area contributed by atoms with Gasteiger partial charge in [-0.15, -0.1) is 0 Å². The maximum absolute atomic E-state index is 12.3. The number of amides is 1. The molecular weight excluding hydrogens is 402 g/mol. The molecule has 0 bridgehead atoms. The Morgan fingerprint density at radius 1 is 1.22 bits per heavy atom.